The fourth-order valence-electron chi connectivity index (χ4n) is 10.2. The van der Waals surface area contributed by atoms with Gasteiger partial charge in [0.25, 0.3) is 0 Å². The van der Waals surface area contributed by atoms with Crippen molar-refractivity contribution in [3.8, 4) is 44.5 Å². The Morgan fingerprint density at radius 1 is 0.453 bits per heavy atom. The summed E-state index contributed by atoms with van der Waals surface area (Å²) in [6, 6.07) is 59.8. The lowest BCUT2D eigenvalue weighted by molar-refractivity contribution is 0.774. The highest BCUT2D eigenvalue weighted by atomic mass is 32.2. The van der Waals surface area contributed by atoms with Gasteiger partial charge >= 0.3 is 0 Å². The molecule has 13 rings (SSSR count). The lowest BCUT2D eigenvalue weighted by Crippen LogP contribution is -2.28. The summed E-state index contributed by atoms with van der Waals surface area (Å²) < 4.78 is 0. The van der Waals surface area contributed by atoms with E-state index in [2.05, 4.69) is 176 Å². The standard InChI is InChI=1S/C52H30S/c1-2-9-33-28-47-44(26-32(33)8-1)42-23-21-35-27-43(35)51(42)52(47)45-14-5-3-10-37(45)38-22-20-34(29-46(38)52)30-16-18-31(19-17-30)36-24-25-49-50-40(36)12-7-13-41(50)39-11-4-6-15-48(39)53-49/h1-29,35H/t35-,52?/m1/s1. The molecule has 244 valence electrons. The number of fused-ring (bicyclic) bond motifs is 14. The second-order valence-corrected chi connectivity index (χ2v) is 16.2. The molecule has 0 saturated heterocycles. The van der Waals surface area contributed by atoms with E-state index in [0.717, 1.165) is 0 Å². The van der Waals surface area contributed by atoms with Crippen molar-refractivity contribution in [2.75, 3.05) is 0 Å². The molecule has 1 unspecified atom stereocenters. The van der Waals surface area contributed by atoms with Crippen molar-refractivity contribution in [1.82, 2.24) is 0 Å². The molecule has 0 radical (unpaired) electrons. The molecule has 0 fully saturated rings. The second-order valence-electron chi connectivity index (χ2n) is 15.1. The second kappa shape index (κ2) is 10.0. The Bertz CT molecular complexity index is 3080. The van der Waals surface area contributed by atoms with Crippen LogP contribution in [0.5, 0.6) is 0 Å². The van der Waals surface area contributed by atoms with Gasteiger partial charge < -0.3 is 0 Å². The maximum atomic E-state index is 2.52. The topological polar surface area (TPSA) is 0 Å². The molecule has 1 heteroatoms. The molecule has 0 bridgehead atoms. The van der Waals surface area contributed by atoms with Gasteiger partial charge in [-0.2, -0.15) is 0 Å². The van der Waals surface area contributed by atoms with Crippen molar-refractivity contribution in [1.29, 1.82) is 0 Å². The third-order valence-electron chi connectivity index (χ3n) is 12.6. The van der Waals surface area contributed by atoms with Gasteiger partial charge in [-0.25, -0.2) is 0 Å². The average molecular weight is 687 g/mol. The van der Waals surface area contributed by atoms with Crippen molar-refractivity contribution in [2.24, 2.45) is 5.92 Å². The molecular weight excluding hydrogens is 657 g/mol. The molecule has 8 aromatic carbocycles. The maximum Gasteiger partial charge on any atom is 0.0728 e. The first kappa shape index (κ1) is 28.4. The minimum Gasteiger partial charge on any atom is -0.0888 e. The van der Waals surface area contributed by atoms with E-state index in [9.17, 15) is 0 Å². The fourth-order valence-corrected chi connectivity index (χ4v) is 11.4. The summed E-state index contributed by atoms with van der Waals surface area (Å²) in [5.41, 5.74) is 20.1. The maximum absolute atomic E-state index is 2.52. The third-order valence-corrected chi connectivity index (χ3v) is 13.7. The molecule has 0 amide bonds. The summed E-state index contributed by atoms with van der Waals surface area (Å²) in [7, 11) is 0. The van der Waals surface area contributed by atoms with Gasteiger partial charge in [0.05, 0.1) is 5.41 Å². The Morgan fingerprint density at radius 3 is 2.06 bits per heavy atom. The van der Waals surface area contributed by atoms with Crippen LogP contribution in [0.1, 0.15) is 22.3 Å². The first-order chi connectivity index (χ1) is 26.3. The SMILES string of the molecule is C1=C[C@@H]2C=C2C2=C1c1cc3ccccc3cc1C21c2ccccc2-c2ccc(-c3ccc(-c4ccc5c6c(cccc46)-c4ccccc4S5)cc3)cc21. The number of hydrogen-bond acceptors (Lipinski definition) is 1. The van der Waals surface area contributed by atoms with Gasteiger partial charge in [0, 0.05) is 21.1 Å². The van der Waals surface area contributed by atoms with E-state index in [0.29, 0.717) is 5.92 Å². The lowest BCUT2D eigenvalue weighted by Gasteiger charge is -2.33. The van der Waals surface area contributed by atoms with E-state index >= 15 is 0 Å². The molecular formula is C52H30S. The van der Waals surface area contributed by atoms with Crippen LogP contribution in [0.25, 0.3) is 71.6 Å². The molecule has 1 aliphatic heterocycles. The van der Waals surface area contributed by atoms with Gasteiger partial charge in [-0.05, 0) is 130 Å². The normalized spacial score (nSPS) is 19.1. The number of rotatable bonds is 2. The average Bonchev–Trinajstić information content (AvgIpc) is 3.89. The minimum atomic E-state index is -0.345. The fraction of sp³-hybridized carbons (Fsp3) is 0.0385. The predicted octanol–water partition coefficient (Wildman–Crippen LogP) is 13.7. The van der Waals surface area contributed by atoms with Crippen molar-refractivity contribution >= 4 is 38.9 Å². The third kappa shape index (κ3) is 3.63. The van der Waals surface area contributed by atoms with E-state index in [-0.39, 0.29) is 5.41 Å². The Labute approximate surface area is 312 Å². The molecule has 0 nitrogen and oxygen atoms in total. The summed E-state index contributed by atoms with van der Waals surface area (Å²) in [6.07, 6.45) is 7.28. The Morgan fingerprint density at radius 2 is 1.15 bits per heavy atom. The number of allylic oxidation sites excluding steroid dienone is 6. The highest BCUT2D eigenvalue weighted by molar-refractivity contribution is 7.99. The van der Waals surface area contributed by atoms with Crippen LogP contribution >= 0.6 is 11.8 Å². The Hall–Kier alpha value is -6.15. The van der Waals surface area contributed by atoms with Crippen LogP contribution in [-0.4, -0.2) is 0 Å². The molecule has 0 N–H and O–H groups in total. The first-order valence-corrected chi connectivity index (χ1v) is 19.4. The molecule has 1 spiro atoms. The molecule has 5 aliphatic rings. The van der Waals surface area contributed by atoms with Crippen LogP contribution in [0.4, 0.5) is 0 Å². The van der Waals surface area contributed by atoms with Crippen LogP contribution in [-0.2, 0) is 5.41 Å². The molecule has 1 heterocycles. The van der Waals surface area contributed by atoms with Crippen molar-refractivity contribution in [3.05, 3.63) is 209 Å². The van der Waals surface area contributed by atoms with Gasteiger partial charge in [-0.1, -0.05) is 157 Å². The van der Waals surface area contributed by atoms with Gasteiger partial charge in [0.2, 0.25) is 0 Å². The summed E-state index contributed by atoms with van der Waals surface area (Å²) in [5, 5.41) is 5.29. The highest BCUT2D eigenvalue weighted by Crippen LogP contribution is 2.67. The molecule has 2 atom stereocenters. The van der Waals surface area contributed by atoms with Crippen molar-refractivity contribution in [3.63, 3.8) is 0 Å². The van der Waals surface area contributed by atoms with E-state index in [4.69, 9.17) is 0 Å². The summed E-state index contributed by atoms with van der Waals surface area (Å²) in [4.78, 5) is 2.67. The Kier molecular flexibility index (Phi) is 5.39. The van der Waals surface area contributed by atoms with Gasteiger partial charge in [-0.15, -0.1) is 0 Å². The molecule has 0 saturated carbocycles. The first-order valence-electron chi connectivity index (χ1n) is 18.6. The summed E-state index contributed by atoms with van der Waals surface area (Å²) >= 11 is 1.89. The zero-order valence-corrected chi connectivity index (χ0v) is 29.5. The summed E-state index contributed by atoms with van der Waals surface area (Å²) in [5.74, 6) is 0.449. The number of hydrogen-bond donors (Lipinski definition) is 0. The molecule has 53 heavy (non-hydrogen) atoms. The largest absolute Gasteiger partial charge is 0.0888 e. The molecule has 4 aliphatic carbocycles. The van der Waals surface area contributed by atoms with Crippen molar-refractivity contribution in [2.45, 2.75) is 15.2 Å². The van der Waals surface area contributed by atoms with Gasteiger partial charge in [-0.3, -0.25) is 0 Å². The number of benzene rings is 8. The smallest absolute Gasteiger partial charge is 0.0728 e. The van der Waals surface area contributed by atoms with Gasteiger partial charge in [0.1, 0.15) is 0 Å². The van der Waals surface area contributed by atoms with Crippen LogP contribution in [0.3, 0.4) is 0 Å². The van der Waals surface area contributed by atoms with Crippen molar-refractivity contribution < 1.29 is 0 Å². The Balaban J connectivity index is 0.982. The van der Waals surface area contributed by atoms with E-state index < -0.39 is 0 Å². The quantitative estimate of drug-likeness (QED) is 0.174. The molecule has 0 aromatic heterocycles. The van der Waals surface area contributed by atoms with Crippen LogP contribution < -0.4 is 0 Å². The summed E-state index contributed by atoms with van der Waals surface area (Å²) in [6.45, 7) is 0. The van der Waals surface area contributed by atoms with Crippen LogP contribution in [0.2, 0.25) is 0 Å². The monoisotopic (exact) mass is 686 g/mol. The van der Waals surface area contributed by atoms with E-state index in [1.807, 2.05) is 11.8 Å². The lowest BCUT2D eigenvalue weighted by atomic mass is 9.67. The highest BCUT2D eigenvalue weighted by Gasteiger charge is 2.56. The minimum absolute atomic E-state index is 0.345. The zero-order valence-electron chi connectivity index (χ0n) is 28.7. The van der Waals surface area contributed by atoms with E-state index in [1.54, 1.807) is 0 Å². The van der Waals surface area contributed by atoms with E-state index in [1.165, 1.54) is 115 Å². The molecule has 8 aromatic rings. The van der Waals surface area contributed by atoms with Crippen LogP contribution in [0.15, 0.2) is 197 Å². The van der Waals surface area contributed by atoms with Gasteiger partial charge in [0.15, 0.2) is 0 Å². The zero-order chi connectivity index (χ0) is 34.4. The van der Waals surface area contributed by atoms with Crippen LogP contribution in [0, 0.1) is 5.92 Å². The predicted molar refractivity (Wildman–Crippen MR) is 221 cm³/mol.